The van der Waals surface area contributed by atoms with E-state index in [1.54, 1.807) is 14.2 Å². The van der Waals surface area contributed by atoms with Gasteiger partial charge in [-0.15, -0.1) is 5.10 Å². The summed E-state index contributed by atoms with van der Waals surface area (Å²) in [5, 5.41) is 4.39. The second kappa shape index (κ2) is 8.58. The molecule has 146 valence electrons. The van der Waals surface area contributed by atoms with Gasteiger partial charge in [0.25, 0.3) is 0 Å². The second-order valence-electron chi connectivity index (χ2n) is 6.75. The highest BCUT2D eigenvalue weighted by Crippen LogP contribution is 2.30. The molecule has 0 aliphatic carbocycles. The summed E-state index contributed by atoms with van der Waals surface area (Å²) in [7, 11) is 3.37. The van der Waals surface area contributed by atoms with Crippen LogP contribution in [0.5, 0.6) is 11.5 Å². The fourth-order valence-corrected chi connectivity index (χ4v) is 4.15. The van der Waals surface area contributed by atoms with Crippen molar-refractivity contribution >= 4 is 17.2 Å². The lowest BCUT2D eigenvalue weighted by Gasteiger charge is -2.36. The number of anilines is 1. The van der Waals surface area contributed by atoms with Crippen molar-refractivity contribution in [3.8, 4) is 21.9 Å². The molecule has 0 radical (unpaired) electrons. The number of nitrogens with zero attached hydrogens (tertiary/aromatic N) is 4. The molecule has 4 rings (SSSR count). The quantitative estimate of drug-likeness (QED) is 0.635. The normalized spacial score (nSPS) is 14.9. The summed E-state index contributed by atoms with van der Waals surface area (Å²) < 4.78 is 15.0. The first kappa shape index (κ1) is 18.7. The standard InChI is InChI=1S/C21H24N4O2S/c1-26-18-12-17(13-19(14-18)27-2)25-10-8-24(9-11-25)15-20-21(28-23-22-20)16-6-4-3-5-7-16/h3-7,12-14H,8-11,15H2,1-2H3. The first-order valence-electron chi connectivity index (χ1n) is 9.34. The second-order valence-corrected chi connectivity index (χ2v) is 7.50. The van der Waals surface area contributed by atoms with Crippen molar-refractivity contribution in [2.75, 3.05) is 45.3 Å². The van der Waals surface area contributed by atoms with Gasteiger partial charge >= 0.3 is 0 Å². The monoisotopic (exact) mass is 396 g/mol. The third kappa shape index (κ3) is 4.10. The molecule has 6 nitrogen and oxygen atoms in total. The van der Waals surface area contributed by atoms with Gasteiger partial charge in [0.15, 0.2) is 0 Å². The Labute approximate surface area is 169 Å². The average molecular weight is 397 g/mol. The molecule has 0 atom stereocenters. The fraction of sp³-hybridized carbons (Fsp3) is 0.333. The molecular weight excluding hydrogens is 372 g/mol. The maximum absolute atomic E-state index is 5.40. The molecule has 1 saturated heterocycles. The minimum absolute atomic E-state index is 0.817. The number of aromatic nitrogens is 2. The van der Waals surface area contributed by atoms with E-state index in [1.165, 1.54) is 22.0 Å². The Morgan fingerprint density at radius 3 is 2.25 bits per heavy atom. The van der Waals surface area contributed by atoms with E-state index in [2.05, 4.69) is 55.8 Å². The summed E-state index contributed by atoms with van der Waals surface area (Å²) >= 11 is 1.47. The Kier molecular flexibility index (Phi) is 5.73. The van der Waals surface area contributed by atoms with Gasteiger partial charge in [-0.05, 0) is 17.1 Å². The maximum Gasteiger partial charge on any atom is 0.124 e. The predicted molar refractivity (Wildman–Crippen MR) is 112 cm³/mol. The van der Waals surface area contributed by atoms with Crippen LogP contribution in [0, 0.1) is 0 Å². The van der Waals surface area contributed by atoms with E-state index in [-0.39, 0.29) is 0 Å². The Hall–Kier alpha value is -2.64. The van der Waals surface area contributed by atoms with Crippen molar-refractivity contribution in [3.63, 3.8) is 0 Å². The van der Waals surface area contributed by atoms with Crippen LogP contribution in [0.4, 0.5) is 5.69 Å². The van der Waals surface area contributed by atoms with Gasteiger partial charge in [0, 0.05) is 56.6 Å². The van der Waals surface area contributed by atoms with E-state index < -0.39 is 0 Å². The van der Waals surface area contributed by atoms with Gasteiger partial charge in [0.2, 0.25) is 0 Å². The molecule has 7 heteroatoms. The molecular formula is C21H24N4O2S. The minimum Gasteiger partial charge on any atom is -0.497 e. The minimum atomic E-state index is 0.817. The summed E-state index contributed by atoms with van der Waals surface area (Å²) in [6.45, 7) is 4.69. The maximum atomic E-state index is 5.40. The van der Waals surface area contributed by atoms with Gasteiger partial charge < -0.3 is 14.4 Å². The summed E-state index contributed by atoms with van der Waals surface area (Å²) in [5.41, 5.74) is 3.39. The summed E-state index contributed by atoms with van der Waals surface area (Å²) in [5.74, 6) is 1.63. The lowest BCUT2D eigenvalue weighted by Crippen LogP contribution is -2.46. The van der Waals surface area contributed by atoms with Crippen LogP contribution in [0.3, 0.4) is 0 Å². The Morgan fingerprint density at radius 1 is 0.929 bits per heavy atom. The van der Waals surface area contributed by atoms with Crippen LogP contribution in [0.2, 0.25) is 0 Å². The lowest BCUT2D eigenvalue weighted by atomic mass is 10.1. The van der Waals surface area contributed by atoms with Crippen molar-refractivity contribution in [1.82, 2.24) is 14.5 Å². The Morgan fingerprint density at radius 2 is 1.61 bits per heavy atom. The molecule has 1 aliphatic heterocycles. The molecule has 28 heavy (non-hydrogen) atoms. The van der Waals surface area contributed by atoms with Crippen molar-refractivity contribution in [2.24, 2.45) is 0 Å². The van der Waals surface area contributed by atoms with Gasteiger partial charge in [0.05, 0.1) is 24.8 Å². The number of methoxy groups -OCH3 is 2. The SMILES string of the molecule is COc1cc(OC)cc(N2CCN(Cc3nnsc3-c3ccccc3)CC2)c1. The highest BCUT2D eigenvalue weighted by molar-refractivity contribution is 7.09. The third-order valence-electron chi connectivity index (χ3n) is 5.04. The van der Waals surface area contributed by atoms with E-state index in [4.69, 9.17) is 9.47 Å². The van der Waals surface area contributed by atoms with Crippen LogP contribution < -0.4 is 14.4 Å². The number of ether oxygens (including phenoxy) is 2. The van der Waals surface area contributed by atoms with Crippen molar-refractivity contribution < 1.29 is 9.47 Å². The first-order valence-corrected chi connectivity index (χ1v) is 10.1. The zero-order valence-electron chi connectivity index (χ0n) is 16.2. The Balaban J connectivity index is 1.41. The highest BCUT2D eigenvalue weighted by atomic mass is 32.1. The molecule has 1 fully saturated rings. The van der Waals surface area contributed by atoms with Gasteiger partial charge in [-0.2, -0.15) is 0 Å². The molecule has 0 unspecified atom stereocenters. The number of benzene rings is 2. The van der Waals surface area contributed by atoms with Crippen LogP contribution in [0.15, 0.2) is 48.5 Å². The highest BCUT2D eigenvalue weighted by Gasteiger charge is 2.21. The smallest absolute Gasteiger partial charge is 0.124 e. The lowest BCUT2D eigenvalue weighted by molar-refractivity contribution is 0.247. The fourth-order valence-electron chi connectivity index (χ4n) is 3.47. The molecule has 2 heterocycles. The van der Waals surface area contributed by atoms with Gasteiger partial charge in [-0.25, -0.2) is 0 Å². The Bertz CT molecular complexity index is 886. The molecule has 3 aromatic rings. The average Bonchev–Trinajstić information content (AvgIpc) is 3.22. The third-order valence-corrected chi connectivity index (χ3v) is 5.86. The molecule has 0 N–H and O–H groups in total. The zero-order chi connectivity index (χ0) is 19.3. The van der Waals surface area contributed by atoms with Crippen LogP contribution in [-0.4, -0.2) is 54.9 Å². The molecule has 1 aliphatic rings. The van der Waals surface area contributed by atoms with E-state index in [1.807, 2.05) is 12.1 Å². The number of rotatable bonds is 6. The van der Waals surface area contributed by atoms with Crippen molar-refractivity contribution in [2.45, 2.75) is 6.54 Å². The molecule has 0 saturated carbocycles. The van der Waals surface area contributed by atoms with E-state index >= 15 is 0 Å². The van der Waals surface area contributed by atoms with Gasteiger partial charge in [-0.1, -0.05) is 34.8 Å². The van der Waals surface area contributed by atoms with E-state index in [9.17, 15) is 0 Å². The van der Waals surface area contributed by atoms with Crippen molar-refractivity contribution in [3.05, 3.63) is 54.2 Å². The molecule has 2 aromatic carbocycles. The number of piperazine rings is 1. The van der Waals surface area contributed by atoms with Crippen LogP contribution in [-0.2, 0) is 6.54 Å². The molecule has 0 bridgehead atoms. The summed E-state index contributed by atoms with van der Waals surface area (Å²) in [6, 6.07) is 16.4. The van der Waals surface area contributed by atoms with Gasteiger partial charge in [-0.3, -0.25) is 4.90 Å². The van der Waals surface area contributed by atoms with Crippen LogP contribution in [0.1, 0.15) is 5.69 Å². The molecule has 0 amide bonds. The van der Waals surface area contributed by atoms with Crippen molar-refractivity contribution in [1.29, 1.82) is 0 Å². The molecule has 1 aromatic heterocycles. The largest absolute Gasteiger partial charge is 0.497 e. The zero-order valence-corrected chi connectivity index (χ0v) is 17.0. The predicted octanol–water partition coefficient (Wildman–Crippen LogP) is 3.54. The van der Waals surface area contributed by atoms with Gasteiger partial charge in [0.1, 0.15) is 11.5 Å². The van der Waals surface area contributed by atoms with E-state index in [0.717, 1.165) is 55.6 Å². The number of hydrogen-bond donors (Lipinski definition) is 0. The van der Waals surface area contributed by atoms with Crippen LogP contribution >= 0.6 is 11.5 Å². The molecule has 0 spiro atoms. The summed E-state index contributed by atoms with van der Waals surface area (Å²) in [6.07, 6.45) is 0. The topological polar surface area (TPSA) is 50.7 Å². The van der Waals surface area contributed by atoms with Crippen LogP contribution in [0.25, 0.3) is 10.4 Å². The summed E-state index contributed by atoms with van der Waals surface area (Å²) in [4.78, 5) is 5.98. The first-order chi connectivity index (χ1) is 13.8. The number of hydrogen-bond acceptors (Lipinski definition) is 7. The van der Waals surface area contributed by atoms with E-state index in [0.29, 0.717) is 0 Å².